The number of aryl methyl sites for hydroxylation is 1. The largest absolute Gasteiger partial charge is 0.481 e. The van der Waals surface area contributed by atoms with Crippen molar-refractivity contribution in [3.8, 4) is 0 Å². The molecule has 3 N–H and O–H groups in total. The van der Waals surface area contributed by atoms with Crippen LogP contribution >= 0.6 is 11.6 Å². The average molecular weight is 508 g/mol. The van der Waals surface area contributed by atoms with E-state index in [2.05, 4.69) is 20.5 Å². The lowest BCUT2D eigenvalue weighted by Gasteiger charge is -2.43. The van der Waals surface area contributed by atoms with E-state index < -0.39 is 28.8 Å². The summed E-state index contributed by atoms with van der Waals surface area (Å²) in [5.74, 6) is -3.35. The maximum absolute atomic E-state index is 14.7. The van der Waals surface area contributed by atoms with Crippen LogP contribution in [-0.2, 0) is 17.8 Å². The molecule has 1 fully saturated rings. The van der Waals surface area contributed by atoms with Gasteiger partial charge in [0, 0.05) is 42.4 Å². The third-order valence-corrected chi connectivity index (χ3v) is 6.80. The van der Waals surface area contributed by atoms with Crippen molar-refractivity contribution in [1.29, 1.82) is 0 Å². The summed E-state index contributed by atoms with van der Waals surface area (Å²) in [6.07, 6.45) is 0.158. The normalized spacial score (nSPS) is 20.7. The van der Waals surface area contributed by atoms with Crippen LogP contribution < -0.4 is 5.32 Å². The average Bonchev–Trinajstić information content (AvgIpc) is 3.21. The minimum Gasteiger partial charge on any atom is -0.481 e. The molecule has 1 aliphatic heterocycles. The number of carboxylic acids is 1. The maximum atomic E-state index is 14.7. The summed E-state index contributed by atoms with van der Waals surface area (Å²) in [7, 11) is 0. The van der Waals surface area contributed by atoms with Gasteiger partial charge in [0.2, 0.25) is 0 Å². The first kappa shape index (κ1) is 25.0. The topological polar surface area (TPSA) is 94.1 Å². The van der Waals surface area contributed by atoms with Crippen LogP contribution in [0.3, 0.4) is 0 Å². The molecule has 4 rings (SSSR count). The molecule has 186 valence electrons. The number of piperidine rings is 1. The molecule has 1 aliphatic rings. The number of likely N-dealkylation sites (tertiary alicyclic amines) is 1. The molecule has 3 heterocycles. The molecule has 2 aromatic heterocycles. The second kappa shape index (κ2) is 9.87. The Labute approximate surface area is 205 Å². The van der Waals surface area contributed by atoms with Gasteiger partial charge >= 0.3 is 5.97 Å². The zero-order chi connectivity index (χ0) is 25.3. The molecule has 7 nitrogen and oxygen atoms in total. The standard InChI is InChI=1S/C24H25ClF3N5O2/c1-13-8-20(32-31-13)30-22-18(27)9-17(26)19(29-22)11-24(23(34)35)6-7-33(14(2)10-24)12-15-4-3-5-16(25)21(15)28/h3-5,8-9,14H,6-7,10-12H2,1-2H3,(H,34,35)(H2,29,30,31,32)/t14-,24-/m1/s1. The van der Waals surface area contributed by atoms with E-state index in [0.717, 1.165) is 5.69 Å². The Morgan fingerprint density at radius 3 is 2.74 bits per heavy atom. The van der Waals surface area contributed by atoms with E-state index in [0.29, 0.717) is 24.0 Å². The van der Waals surface area contributed by atoms with Crippen molar-refractivity contribution in [2.24, 2.45) is 5.41 Å². The molecule has 3 aromatic rings. The fourth-order valence-electron chi connectivity index (χ4n) is 4.57. The van der Waals surface area contributed by atoms with Crippen LogP contribution in [0.2, 0.25) is 5.02 Å². The Morgan fingerprint density at radius 1 is 1.31 bits per heavy atom. The molecule has 0 radical (unpaired) electrons. The summed E-state index contributed by atoms with van der Waals surface area (Å²) in [5, 5.41) is 19.5. The van der Waals surface area contributed by atoms with Crippen LogP contribution in [0.4, 0.5) is 24.8 Å². The van der Waals surface area contributed by atoms with Crippen LogP contribution in [0.5, 0.6) is 0 Å². The summed E-state index contributed by atoms with van der Waals surface area (Å²) >= 11 is 5.88. The zero-order valence-corrected chi connectivity index (χ0v) is 20.0. The highest BCUT2D eigenvalue weighted by Crippen LogP contribution is 2.40. The number of aromatic nitrogens is 3. The fourth-order valence-corrected chi connectivity index (χ4v) is 4.76. The molecule has 1 aromatic carbocycles. The molecular formula is C24H25ClF3N5O2. The number of benzene rings is 1. The van der Waals surface area contributed by atoms with E-state index in [1.165, 1.54) is 6.07 Å². The van der Waals surface area contributed by atoms with Crippen molar-refractivity contribution in [2.75, 3.05) is 11.9 Å². The number of carbonyl (C=O) groups is 1. The number of aromatic amines is 1. The summed E-state index contributed by atoms with van der Waals surface area (Å²) < 4.78 is 43.4. The summed E-state index contributed by atoms with van der Waals surface area (Å²) in [4.78, 5) is 18.4. The van der Waals surface area contributed by atoms with Crippen LogP contribution in [0, 0.1) is 29.8 Å². The minimum atomic E-state index is -1.31. The van der Waals surface area contributed by atoms with Crippen molar-refractivity contribution >= 4 is 29.2 Å². The van der Waals surface area contributed by atoms with Gasteiger partial charge in [-0.05, 0) is 39.3 Å². The molecule has 2 atom stereocenters. The second-order valence-corrected chi connectivity index (χ2v) is 9.46. The number of hydrogen-bond donors (Lipinski definition) is 3. The SMILES string of the molecule is Cc1cc(Nc2nc(C[C@@]3(C(=O)O)CCN(Cc4cccc(Cl)c4F)[C@H](C)C3)c(F)cc2F)n[nH]1. The van der Waals surface area contributed by atoms with Crippen molar-refractivity contribution in [3.63, 3.8) is 0 Å². The van der Waals surface area contributed by atoms with Gasteiger partial charge in [-0.3, -0.25) is 14.8 Å². The highest BCUT2D eigenvalue weighted by atomic mass is 35.5. The third kappa shape index (κ3) is 5.28. The molecule has 35 heavy (non-hydrogen) atoms. The number of H-pyrrole nitrogens is 1. The maximum Gasteiger partial charge on any atom is 0.310 e. The molecule has 1 saturated heterocycles. The fraction of sp³-hybridized carbons (Fsp3) is 0.375. The molecule has 0 aliphatic carbocycles. The Balaban J connectivity index is 1.55. The number of halogens is 4. The summed E-state index contributed by atoms with van der Waals surface area (Å²) in [5.41, 5.74) is -0.305. The van der Waals surface area contributed by atoms with Gasteiger partial charge in [0.15, 0.2) is 17.5 Å². The van der Waals surface area contributed by atoms with E-state index in [1.807, 2.05) is 11.8 Å². The van der Waals surface area contributed by atoms with Gasteiger partial charge in [-0.1, -0.05) is 23.7 Å². The summed E-state index contributed by atoms with van der Waals surface area (Å²) in [6, 6.07) is 6.85. The molecule has 0 spiro atoms. The number of pyridine rings is 1. The van der Waals surface area contributed by atoms with E-state index in [4.69, 9.17) is 11.6 Å². The van der Waals surface area contributed by atoms with Gasteiger partial charge in [0.25, 0.3) is 0 Å². The Kier molecular flexibility index (Phi) is 7.05. The first-order valence-corrected chi connectivity index (χ1v) is 11.5. The van der Waals surface area contributed by atoms with Crippen LogP contribution in [0.25, 0.3) is 0 Å². The molecular weight excluding hydrogens is 483 g/mol. The van der Waals surface area contributed by atoms with Gasteiger partial charge in [-0.25, -0.2) is 18.2 Å². The lowest BCUT2D eigenvalue weighted by Crippen LogP contribution is -2.50. The van der Waals surface area contributed by atoms with Crippen molar-refractivity contribution in [3.05, 3.63) is 69.8 Å². The molecule has 11 heteroatoms. The van der Waals surface area contributed by atoms with Gasteiger partial charge in [0.05, 0.1) is 16.1 Å². The van der Waals surface area contributed by atoms with Crippen molar-refractivity contribution < 1.29 is 23.1 Å². The molecule has 0 amide bonds. The van der Waals surface area contributed by atoms with Gasteiger partial charge in [-0.2, -0.15) is 5.10 Å². The van der Waals surface area contributed by atoms with Crippen molar-refractivity contribution in [1.82, 2.24) is 20.1 Å². The number of aliphatic carboxylic acids is 1. The van der Waals surface area contributed by atoms with Crippen molar-refractivity contribution in [2.45, 2.75) is 45.7 Å². The van der Waals surface area contributed by atoms with Crippen LogP contribution in [0.15, 0.2) is 30.3 Å². The first-order valence-electron chi connectivity index (χ1n) is 11.1. The van der Waals surface area contributed by atoms with E-state index >= 15 is 0 Å². The number of carboxylic acid groups (broad SMARTS) is 1. The monoisotopic (exact) mass is 507 g/mol. The highest BCUT2D eigenvalue weighted by molar-refractivity contribution is 6.30. The Bertz CT molecular complexity index is 1250. The minimum absolute atomic E-state index is 0.0271. The zero-order valence-electron chi connectivity index (χ0n) is 19.2. The molecule has 0 saturated carbocycles. The Hall–Kier alpha value is -3.11. The Morgan fingerprint density at radius 2 is 2.09 bits per heavy atom. The number of anilines is 2. The van der Waals surface area contributed by atoms with Crippen LogP contribution in [-0.4, -0.2) is 43.7 Å². The lowest BCUT2D eigenvalue weighted by molar-refractivity contribution is -0.153. The van der Waals surface area contributed by atoms with E-state index in [-0.39, 0.29) is 48.4 Å². The predicted molar refractivity (Wildman–Crippen MR) is 125 cm³/mol. The first-order chi connectivity index (χ1) is 16.6. The third-order valence-electron chi connectivity index (χ3n) is 6.51. The van der Waals surface area contributed by atoms with E-state index in [1.54, 1.807) is 25.1 Å². The number of nitrogens with zero attached hydrogens (tertiary/aromatic N) is 3. The number of nitrogens with one attached hydrogen (secondary N) is 2. The van der Waals surface area contributed by atoms with E-state index in [9.17, 15) is 23.1 Å². The molecule has 0 bridgehead atoms. The number of rotatable bonds is 7. The van der Waals surface area contributed by atoms with Gasteiger partial charge in [0.1, 0.15) is 11.6 Å². The lowest BCUT2D eigenvalue weighted by atomic mass is 9.72. The van der Waals surface area contributed by atoms with Crippen LogP contribution in [0.1, 0.15) is 36.7 Å². The summed E-state index contributed by atoms with van der Waals surface area (Å²) in [6.45, 7) is 4.23. The predicted octanol–water partition coefficient (Wildman–Crippen LogP) is 5.23. The van der Waals surface area contributed by atoms with Gasteiger partial charge < -0.3 is 10.4 Å². The highest BCUT2D eigenvalue weighted by Gasteiger charge is 2.45. The smallest absolute Gasteiger partial charge is 0.310 e. The number of hydrogen-bond acceptors (Lipinski definition) is 5. The molecule has 0 unspecified atom stereocenters. The van der Waals surface area contributed by atoms with Gasteiger partial charge in [-0.15, -0.1) is 0 Å². The second-order valence-electron chi connectivity index (χ2n) is 9.06. The quantitative estimate of drug-likeness (QED) is 0.405.